The molecule has 1 unspecified atom stereocenters. The van der Waals surface area contributed by atoms with Gasteiger partial charge >= 0.3 is 33.1 Å². The van der Waals surface area contributed by atoms with Crippen LogP contribution in [-0.2, 0) is 33.4 Å². The number of aliphatic carboxylic acids is 1. The molecule has 1 aliphatic rings. The molecule has 0 aromatic heterocycles. The van der Waals surface area contributed by atoms with E-state index >= 15 is 0 Å². The van der Waals surface area contributed by atoms with Crippen LogP contribution in [0, 0.1) is 0 Å². The van der Waals surface area contributed by atoms with Gasteiger partial charge in [-0.25, -0.2) is 14.6 Å². The fourth-order valence-corrected chi connectivity index (χ4v) is 4.59. The average molecular weight is 560 g/mol. The minimum Gasteiger partial charge on any atom is -0.479 e. The molecule has 1 heterocycles. The fourth-order valence-electron chi connectivity index (χ4n) is 1.95. The van der Waals surface area contributed by atoms with Crippen LogP contribution in [0.5, 0.6) is 0 Å². The molecule has 0 spiro atoms. The molecule has 1 fully saturated rings. The molecule has 1 saturated heterocycles. The van der Waals surface area contributed by atoms with E-state index in [9.17, 15) is 9.36 Å². The Morgan fingerprint density at radius 2 is 1.68 bits per heavy atom. The minimum absolute atomic E-state index is 0. The third-order valence-corrected chi connectivity index (χ3v) is 6.10. The molecule has 0 aromatic carbocycles. The first-order valence-corrected chi connectivity index (χ1v) is 10.7. The predicted molar refractivity (Wildman–Crippen MR) is 97.9 cm³/mol. The molecule has 15 heteroatoms. The number of alkyl halides is 2. The Bertz CT molecular complexity index is 467. The van der Waals surface area contributed by atoms with E-state index in [2.05, 4.69) is 5.09 Å². The van der Waals surface area contributed by atoms with Gasteiger partial charge in [-0.05, 0) is 6.42 Å². The number of hydrogen-bond donors (Lipinski definition) is 7. The molecular formula is C13H27Cl2N2O9PRh+2. The molecule has 0 saturated carbocycles. The van der Waals surface area contributed by atoms with Crippen LogP contribution in [0.15, 0.2) is 0 Å². The summed E-state index contributed by atoms with van der Waals surface area (Å²) in [6.45, 7) is 1.46. The Morgan fingerprint density at radius 3 is 2.04 bits per heavy atom. The van der Waals surface area contributed by atoms with E-state index in [-0.39, 0.29) is 19.5 Å². The molecular weight excluding hydrogens is 533 g/mol. The van der Waals surface area contributed by atoms with Crippen LogP contribution in [0.1, 0.15) is 6.42 Å². The predicted octanol–water partition coefficient (Wildman–Crippen LogP) is -1.61. The van der Waals surface area contributed by atoms with Crippen molar-refractivity contribution >= 4 is 36.8 Å². The number of nitrogens with one attached hydrogen (secondary N) is 1. The summed E-state index contributed by atoms with van der Waals surface area (Å²) in [7, 11) is -2.84. The third-order valence-electron chi connectivity index (χ3n) is 3.46. The number of halogens is 2. The zero-order valence-corrected chi connectivity index (χ0v) is 18.9. The standard InChI is InChI=1S/C7H15Cl2N2O2P.C6H12O7.Rh/c8-2-5-11(6-3-9)14(12)10-4-1-7-13-14;7-1-2(8)3(9)4(10)5(11)6(12)13;/h1-7H2,(H,10,12);2-5,7-11H,1H2,(H,12,13);/q;;+2/t;2-,3-,4+,5-;/m.0./s1. The van der Waals surface area contributed by atoms with E-state index in [1.54, 1.807) is 4.67 Å². The first kappa shape index (κ1) is 30.8. The van der Waals surface area contributed by atoms with Crippen molar-refractivity contribution in [2.75, 3.05) is 44.6 Å². The summed E-state index contributed by atoms with van der Waals surface area (Å²) in [5, 5.41) is 54.7. The van der Waals surface area contributed by atoms with Gasteiger partial charge in [-0.3, -0.25) is 4.57 Å². The van der Waals surface area contributed by atoms with E-state index in [1.165, 1.54) is 0 Å². The van der Waals surface area contributed by atoms with E-state index in [0.717, 1.165) is 13.0 Å². The number of rotatable bonds is 10. The van der Waals surface area contributed by atoms with E-state index in [1.807, 2.05) is 0 Å². The van der Waals surface area contributed by atoms with Crippen molar-refractivity contribution in [2.24, 2.45) is 0 Å². The number of carboxylic acids is 1. The Hall–Kier alpha value is 0.583. The quantitative estimate of drug-likeness (QED) is 0.0929. The second-order valence-corrected chi connectivity index (χ2v) is 8.40. The van der Waals surface area contributed by atoms with Gasteiger partial charge in [0.2, 0.25) is 0 Å². The first-order chi connectivity index (χ1) is 12.6. The number of nitrogens with zero attached hydrogens (tertiary/aromatic N) is 1. The summed E-state index contributed by atoms with van der Waals surface area (Å²) in [4.78, 5) is 10.1. The second-order valence-electron chi connectivity index (χ2n) is 5.46. The van der Waals surface area contributed by atoms with Crippen molar-refractivity contribution in [3.05, 3.63) is 0 Å². The van der Waals surface area contributed by atoms with Gasteiger partial charge < -0.3 is 35.2 Å². The minimum atomic E-state index is -2.84. The molecule has 169 valence electrons. The van der Waals surface area contributed by atoms with Gasteiger partial charge in [-0.2, -0.15) is 0 Å². The van der Waals surface area contributed by atoms with Gasteiger partial charge in [0.25, 0.3) is 0 Å². The SMILES string of the molecule is O=C(O)[C@@H](O)[C@H](O)[C@@H](O)[C@@H](O)CO.O=P1(N(CCCl)CCCl)NCCCO1.[Rh+2]. The summed E-state index contributed by atoms with van der Waals surface area (Å²) in [5.74, 6) is -0.880. The number of carbonyl (C=O) groups is 1. The van der Waals surface area contributed by atoms with Crippen LogP contribution in [-0.4, -0.2) is 110 Å². The molecule has 0 bridgehead atoms. The maximum Gasteiger partial charge on any atom is 2.00 e. The topological polar surface area (TPSA) is 180 Å². The molecule has 28 heavy (non-hydrogen) atoms. The van der Waals surface area contributed by atoms with E-state index < -0.39 is 44.7 Å². The maximum absolute atomic E-state index is 12.2. The van der Waals surface area contributed by atoms with Crippen LogP contribution in [0.2, 0.25) is 0 Å². The van der Waals surface area contributed by atoms with Crippen LogP contribution in [0.4, 0.5) is 0 Å². The molecule has 5 atom stereocenters. The van der Waals surface area contributed by atoms with Crippen LogP contribution in [0.3, 0.4) is 0 Å². The van der Waals surface area contributed by atoms with Crippen molar-refractivity contribution in [2.45, 2.75) is 30.8 Å². The van der Waals surface area contributed by atoms with E-state index in [0.29, 0.717) is 31.5 Å². The van der Waals surface area contributed by atoms with Gasteiger partial charge in [0.1, 0.15) is 18.3 Å². The summed E-state index contributed by atoms with van der Waals surface area (Å²) in [6.07, 6.45) is -6.95. The Kier molecular flexibility index (Phi) is 17.9. The Balaban J connectivity index is 0. The van der Waals surface area contributed by atoms with Gasteiger partial charge in [0, 0.05) is 31.4 Å². The summed E-state index contributed by atoms with van der Waals surface area (Å²) < 4.78 is 19.2. The van der Waals surface area contributed by atoms with Gasteiger partial charge in [0.15, 0.2) is 6.10 Å². The van der Waals surface area contributed by atoms with Crippen molar-refractivity contribution in [1.29, 1.82) is 0 Å². The van der Waals surface area contributed by atoms with E-state index in [4.69, 9.17) is 58.4 Å². The van der Waals surface area contributed by atoms with Crippen molar-refractivity contribution in [3.8, 4) is 0 Å². The van der Waals surface area contributed by atoms with Gasteiger partial charge in [0.05, 0.1) is 13.2 Å². The molecule has 1 radical (unpaired) electrons. The zero-order valence-electron chi connectivity index (χ0n) is 14.9. The molecule has 0 amide bonds. The normalized spacial score (nSPS) is 23.6. The van der Waals surface area contributed by atoms with Gasteiger partial charge in [-0.15, -0.1) is 23.2 Å². The average Bonchev–Trinajstić information content (AvgIpc) is 2.66. The summed E-state index contributed by atoms with van der Waals surface area (Å²) in [5.41, 5.74) is 0. The van der Waals surface area contributed by atoms with Crippen LogP contribution < -0.4 is 5.09 Å². The third kappa shape index (κ3) is 10.6. The number of hydrogen-bond acceptors (Lipinski definition) is 8. The maximum atomic E-state index is 12.2. The van der Waals surface area contributed by atoms with Crippen molar-refractivity contribution < 1.29 is 64.0 Å². The Labute approximate surface area is 185 Å². The van der Waals surface area contributed by atoms with Crippen LogP contribution in [0.25, 0.3) is 0 Å². The largest absolute Gasteiger partial charge is 2.00 e. The Morgan fingerprint density at radius 1 is 1.14 bits per heavy atom. The summed E-state index contributed by atoms with van der Waals surface area (Å²) >= 11 is 11.2. The second kappa shape index (κ2) is 16.3. The smallest absolute Gasteiger partial charge is 0.479 e. The molecule has 11 nitrogen and oxygen atoms in total. The molecule has 0 aromatic rings. The number of aliphatic hydroxyl groups is 5. The monoisotopic (exact) mass is 559 g/mol. The van der Waals surface area contributed by atoms with Crippen LogP contribution >= 0.6 is 30.9 Å². The first-order valence-electron chi connectivity index (χ1n) is 8.07. The van der Waals surface area contributed by atoms with Crippen molar-refractivity contribution in [1.82, 2.24) is 9.76 Å². The number of carboxylic acid groups (broad SMARTS) is 1. The zero-order chi connectivity index (χ0) is 21.0. The number of aliphatic hydroxyl groups excluding tert-OH is 5. The van der Waals surface area contributed by atoms with Crippen molar-refractivity contribution in [3.63, 3.8) is 0 Å². The molecule has 0 aliphatic carbocycles. The molecule has 1 rings (SSSR count). The van der Waals surface area contributed by atoms with Gasteiger partial charge in [-0.1, -0.05) is 0 Å². The summed E-state index contributed by atoms with van der Waals surface area (Å²) in [6, 6.07) is 0. The molecule has 7 N–H and O–H groups in total. The fraction of sp³-hybridized carbons (Fsp3) is 0.923. The molecule has 1 aliphatic heterocycles.